The second-order valence-corrected chi connectivity index (χ2v) is 5.02. The van der Waals surface area contributed by atoms with E-state index >= 15 is 0 Å². The Balaban J connectivity index is 2.27. The lowest BCUT2D eigenvalue weighted by Gasteiger charge is -2.21. The molecule has 1 fully saturated rings. The smallest absolute Gasteiger partial charge is 0.257 e. The van der Waals surface area contributed by atoms with Crippen LogP contribution < -0.4 is 0 Å². The van der Waals surface area contributed by atoms with Crippen LogP contribution in [0.2, 0.25) is 0 Å². The second-order valence-electron chi connectivity index (χ2n) is 5.02. The molecule has 1 aromatic rings. The third-order valence-electron chi connectivity index (χ3n) is 3.49. The first-order valence-electron chi connectivity index (χ1n) is 6.70. The second kappa shape index (κ2) is 5.46. The summed E-state index contributed by atoms with van der Waals surface area (Å²) < 4.78 is 0. The Morgan fingerprint density at radius 2 is 1.44 bits per heavy atom. The van der Waals surface area contributed by atoms with E-state index in [1.165, 1.54) is 12.8 Å². The van der Waals surface area contributed by atoms with E-state index in [0.29, 0.717) is 5.56 Å². The fourth-order valence-electron chi connectivity index (χ4n) is 2.63. The van der Waals surface area contributed by atoms with Crippen molar-refractivity contribution in [2.24, 2.45) is 0 Å². The third-order valence-corrected chi connectivity index (χ3v) is 3.49. The Kier molecular flexibility index (Phi) is 3.94. The average molecular weight is 247 g/mol. The van der Waals surface area contributed by atoms with Gasteiger partial charge in [0.1, 0.15) is 5.82 Å². The van der Waals surface area contributed by atoms with E-state index in [2.05, 4.69) is 9.97 Å². The van der Waals surface area contributed by atoms with Gasteiger partial charge in [0.05, 0.1) is 17.0 Å². The summed E-state index contributed by atoms with van der Waals surface area (Å²) in [5, 5.41) is 0. The molecule has 1 aliphatic heterocycles. The average Bonchev–Trinajstić information content (AvgIpc) is 2.55. The van der Waals surface area contributed by atoms with Crippen molar-refractivity contribution in [1.29, 1.82) is 0 Å². The predicted molar refractivity (Wildman–Crippen MR) is 70.6 cm³/mol. The number of amides is 1. The summed E-state index contributed by atoms with van der Waals surface area (Å²) in [6.07, 6.45) is 4.67. The van der Waals surface area contributed by atoms with Crippen molar-refractivity contribution in [3.63, 3.8) is 0 Å². The fraction of sp³-hybridized carbons (Fsp3) is 0.643. The Morgan fingerprint density at radius 1 is 0.944 bits per heavy atom. The molecular formula is C14H21N3O. The molecule has 0 unspecified atom stereocenters. The Morgan fingerprint density at radius 3 is 1.94 bits per heavy atom. The zero-order valence-corrected chi connectivity index (χ0v) is 11.5. The molecule has 4 nitrogen and oxygen atoms in total. The van der Waals surface area contributed by atoms with Crippen LogP contribution in [0.5, 0.6) is 0 Å². The number of aryl methyl sites for hydroxylation is 3. The Labute approximate surface area is 108 Å². The van der Waals surface area contributed by atoms with Crippen LogP contribution in [-0.2, 0) is 0 Å². The minimum absolute atomic E-state index is 0.104. The van der Waals surface area contributed by atoms with Gasteiger partial charge in [0.2, 0.25) is 0 Å². The summed E-state index contributed by atoms with van der Waals surface area (Å²) in [7, 11) is 0. The lowest BCUT2D eigenvalue weighted by Crippen LogP contribution is -2.33. The summed E-state index contributed by atoms with van der Waals surface area (Å²) in [6.45, 7) is 7.39. The molecule has 0 aromatic carbocycles. The van der Waals surface area contributed by atoms with Crippen LogP contribution in [0.15, 0.2) is 0 Å². The van der Waals surface area contributed by atoms with Gasteiger partial charge >= 0.3 is 0 Å². The summed E-state index contributed by atoms with van der Waals surface area (Å²) in [5.74, 6) is 0.837. The van der Waals surface area contributed by atoms with Crippen LogP contribution >= 0.6 is 0 Å². The van der Waals surface area contributed by atoms with E-state index in [1.54, 1.807) is 0 Å². The van der Waals surface area contributed by atoms with Crippen molar-refractivity contribution in [2.75, 3.05) is 13.1 Å². The predicted octanol–water partition coefficient (Wildman–Crippen LogP) is 2.42. The standard InChI is InChI=1S/C14H21N3O/c1-10-13(11(2)16-12(3)15-10)14(18)17-8-6-4-5-7-9-17/h4-9H2,1-3H3. The van der Waals surface area contributed by atoms with Crippen molar-refractivity contribution >= 4 is 5.91 Å². The first-order valence-corrected chi connectivity index (χ1v) is 6.70. The van der Waals surface area contributed by atoms with E-state index in [0.717, 1.165) is 43.1 Å². The number of rotatable bonds is 1. The van der Waals surface area contributed by atoms with E-state index in [4.69, 9.17) is 0 Å². The summed E-state index contributed by atoms with van der Waals surface area (Å²) >= 11 is 0. The highest BCUT2D eigenvalue weighted by Crippen LogP contribution is 2.17. The molecule has 98 valence electrons. The lowest BCUT2D eigenvalue weighted by molar-refractivity contribution is 0.0759. The van der Waals surface area contributed by atoms with Gasteiger partial charge < -0.3 is 4.90 Å². The maximum absolute atomic E-state index is 12.6. The largest absolute Gasteiger partial charge is 0.339 e. The number of carbonyl (C=O) groups is 1. The fourth-order valence-corrected chi connectivity index (χ4v) is 2.63. The molecule has 0 radical (unpaired) electrons. The van der Waals surface area contributed by atoms with Crippen LogP contribution in [0.3, 0.4) is 0 Å². The number of aromatic nitrogens is 2. The molecule has 0 atom stereocenters. The SMILES string of the molecule is Cc1nc(C)c(C(=O)N2CCCCCC2)c(C)n1. The normalized spacial score (nSPS) is 16.5. The van der Waals surface area contributed by atoms with Crippen LogP contribution in [0.4, 0.5) is 0 Å². The topological polar surface area (TPSA) is 46.1 Å². The highest BCUT2D eigenvalue weighted by Gasteiger charge is 2.22. The summed E-state index contributed by atoms with van der Waals surface area (Å²) in [6, 6.07) is 0. The number of carbonyl (C=O) groups excluding carboxylic acids is 1. The molecule has 0 N–H and O–H groups in total. The molecule has 0 aliphatic carbocycles. The summed E-state index contributed by atoms with van der Waals surface area (Å²) in [5.41, 5.74) is 2.30. The first-order chi connectivity index (χ1) is 8.59. The van der Waals surface area contributed by atoms with Gasteiger partial charge in [-0.05, 0) is 33.6 Å². The molecule has 1 aliphatic rings. The van der Waals surface area contributed by atoms with Crippen molar-refractivity contribution in [3.05, 3.63) is 22.8 Å². The number of likely N-dealkylation sites (tertiary alicyclic amines) is 1. The number of hydrogen-bond acceptors (Lipinski definition) is 3. The molecule has 2 rings (SSSR count). The third kappa shape index (κ3) is 2.68. The minimum Gasteiger partial charge on any atom is -0.339 e. The molecule has 1 amide bonds. The monoisotopic (exact) mass is 247 g/mol. The van der Waals surface area contributed by atoms with Gasteiger partial charge in [0.25, 0.3) is 5.91 Å². The van der Waals surface area contributed by atoms with Crippen molar-refractivity contribution in [2.45, 2.75) is 46.5 Å². The van der Waals surface area contributed by atoms with Crippen molar-refractivity contribution in [1.82, 2.24) is 14.9 Å². The van der Waals surface area contributed by atoms with Gasteiger partial charge in [0.15, 0.2) is 0 Å². The number of nitrogens with zero attached hydrogens (tertiary/aromatic N) is 3. The van der Waals surface area contributed by atoms with E-state index < -0.39 is 0 Å². The molecule has 0 spiro atoms. The van der Waals surface area contributed by atoms with Crippen LogP contribution in [0.1, 0.15) is 53.3 Å². The van der Waals surface area contributed by atoms with Crippen LogP contribution in [-0.4, -0.2) is 33.9 Å². The molecular weight excluding hydrogens is 226 g/mol. The Hall–Kier alpha value is -1.45. The van der Waals surface area contributed by atoms with E-state index in [9.17, 15) is 4.79 Å². The molecule has 0 saturated carbocycles. The maximum atomic E-state index is 12.6. The highest BCUT2D eigenvalue weighted by atomic mass is 16.2. The van der Waals surface area contributed by atoms with Crippen LogP contribution in [0, 0.1) is 20.8 Å². The Bertz CT molecular complexity index is 425. The van der Waals surface area contributed by atoms with Crippen molar-refractivity contribution < 1.29 is 4.79 Å². The van der Waals surface area contributed by atoms with Gasteiger partial charge in [-0.2, -0.15) is 0 Å². The number of hydrogen-bond donors (Lipinski definition) is 0. The zero-order chi connectivity index (χ0) is 13.1. The zero-order valence-electron chi connectivity index (χ0n) is 11.5. The van der Waals surface area contributed by atoms with Crippen LogP contribution in [0.25, 0.3) is 0 Å². The molecule has 18 heavy (non-hydrogen) atoms. The highest BCUT2D eigenvalue weighted by molar-refractivity contribution is 5.96. The van der Waals surface area contributed by atoms with Gasteiger partial charge in [0, 0.05) is 13.1 Å². The molecule has 4 heteroatoms. The van der Waals surface area contributed by atoms with Gasteiger partial charge in [-0.15, -0.1) is 0 Å². The first kappa shape index (κ1) is 13.0. The molecule has 1 saturated heterocycles. The molecule has 2 heterocycles. The van der Waals surface area contributed by atoms with E-state index in [1.807, 2.05) is 25.7 Å². The van der Waals surface area contributed by atoms with Crippen molar-refractivity contribution in [3.8, 4) is 0 Å². The quantitative estimate of drug-likeness (QED) is 0.765. The molecule has 1 aromatic heterocycles. The summed E-state index contributed by atoms with van der Waals surface area (Å²) in [4.78, 5) is 23.1. The van der Waals surface area contributed by atoms with Gasteiger partial charge in [-0.1, -0.05) is 12.8 Å². The minimum atomic E-state index is 0.104. The van der Waals surface area contributed by atoms with Gasteiger partial charge in [-0.25, -0.2) is 9.97 Å². The van der Waals surface area contributed by atoms with Gasteiger partial charge in [-0.3, -0.25) is 4.79 Å². The lowest BCUT2D eigenvalue weighted by atomic mass is 10.1. The van der Waals surface area contributed by atoms with E-state index in [-0.39, 0.29) is 5.91 Å². The molecule has 0 bridgehead atoms. The maximum Gasteiger partial charge on any atom is 0.257 e.